The van der Waals surface area contributed by atoms with Crippen LogP contribution in [0.4, 0.5) is 5.69 Å². The Balaban J connectivity index is 1.41. The first-order valence-corrected chi connectivity index (χ1v) is 8.93. The normalized spacial score (nSPS) is 18.9. The third-order valence-corrected chi connectivity index (χ3v) is 5.19. The van der Waals surface area contributed by atoms with Crippen LogP contribution >= 0.6 is 0 Å². The molecule has 7 heteroatoms. The molecule has 7 nitrogen and oxygen atoms in total. The lowest BCUT2D eigenvalue weighted by molar-refractivity contribution is -0.126. The smallest absolute Gasteiger partial charge is 0.227 e. The number of nitrogens with zero attached hydrogens (tertiary/aromatic N) is 2. The van der Waals surface area contributed by atoms with E-state index >= 15 is 0 Å². The summed E-state index contributed by atoms with van der Waals surface area (Å²) in [6.45, 7) is 0.772. The summed E-state index contributed by atoms with van der Waals surface area (Å²) in [5.41, 5.74) is 4.05. The Kier molecular flexibility index (Phi) is 4.36. The molecule has 1 aromatic carbocycles. The first kappa shape index (κ1) is 16.6. The van der Waals surface area contributed by atoms with Gasteiger partial charge in [-0.25, -0.2) is 0 Å². The van der Waals surface area contributed by atoms with E-state index < -0.39 is 0 Å². The number of H-pyrrole nitrogens is 1. The van der Waals surface area contributed by atoms with Crippen molar-refractivity contribution in [3.8, 4) is 5.75 Å². The van der Waals surface area contributed by atoms with Crippen LogP contribution in [0, 0.1) is 5.92 Å². The minimum Gasteiger partial charge on any atom is -0.495 e. The lowest BCUT2D eigenvalue weighted by Gasteiger charge is -2.19. The van der Waals surface area contributed by atoms with Gasteiger partial charge in [-0.2, -0.15) is 5.10 Å². The highest BCUT2D eigenvalue weighted by Gasteiger charge is 2.36. The SMILES string of the molecule is COc1ccccc1N1C[C@@H](C(=O)NCc2n[nH]c3c2CCC3)CC1=O. The monoisotopic (exact) mass is 354 g/mol. The number of aromatic amines is 1. The van der Waals surface area contributed by atoms with Crippen molar-refractivity contribution in [3.05, 3.63) is 41.2 Å². The fraction of sp³-hybridized carbons (Fsp3) is 0.421. The van der Waals surface area contributed by atoms with E-state index in [9.17, 15) is 9.59 Å². The lowest BCUT2D eigenvalue weighted by Crippen LogP contribution is -2.33. The molecule has 2 N–H and O–H groups in total. The van der Waals surface area contributed by atoms with E-state index in [-0.39, 0.29) is 24.2 Å². The summed E-state index contributed by atoms with van der Waals surface area (Å²) in [5, 5.41) is 10.3. The molecule has 0 radical (unpaired) electrons. The maximum absolute atomic E-state index is 12.6. The van der Waals surface area contributed by atoms with Gasteiger partial charge in [0.25, 0.3) is 0 Å². The second-order valence-electron chi connectivity index (χ2n) is 6.78. The predicted molar refractivity (Wildman–Crippen MR) is 95.9 cm³/mol. The van der Waals surface area contributed by atoms with Crippen molar-refractivity contribution in [2.45, 2.75) is 32.2 Å². The number of hydrogen-bond donors (Lipinski definition) is 2. The van der Waals surface area contributed by atoms with Crippen molar-refractivity contribution in [2.75, 3.05) is 18.6 Å². The minimum atomic E-state index is -0.362. The summed E-state index contributed by atoms with van der Waals surface area (Å²) in [4.78, 5) is 26.6. The van der Waals surface area contributed by atoms with Crippen LogP contribution < -0.4 is 15.0 Å². The largest absolute Gasteiger partial charge is 0.495 e. The summed E-state index contributed by atoms with van der Waals surface area (Å²) in [7, 11) is 1.58. The van der Waals surface area contributed by atoms with Gasteiger partial charge in [0.05, 0.1) is 31.0 Å². The number of carbonyl (C=O) groups is 2. The van der Waals surface area contributed by atoms with E-state index in [1.807, 2.05) is 24.3 Å². The van der Waals surface area contributed by atoms with Gasteiger partial charge in [0.1, 0.15) is 5.75 Å². The number of para-hydroxylation sites is 2. The Morgan fingerprint density at radius 2 is 2.23 bits per heavy atom. The van der Waals surface area contributed by atoms with E-state index in [4.69, 9.17) is 4.74 Å². The van der Waals surface area contributed by atoms with Gasteiger partial charge in [-0.3, -0.25) is 14.7 Å². The van der Waals surface area contributed by atoms with E-state index in [1.165, 1.54) is 11.3 Å². The number of anilines is 1. The second kappa shape index (κ2) is 6.82. The van der Waals surface area contributed by atoms with E-state index in [0.29, 0.717) is 24.5 Å². The summed E-state index contributed by atoms with van der Waals surface area (Å²) < 4.78 is 5.33. The highest BCUT2D eigenvalue weighted by Crippen LogP contribution is 2.32. The summed E-state index contributed by atoms with van der Waals surface area (Å²) in [6, 6.07) is 7.37. The summed E-state index contributed by atoms with van der Waals surface area (Å²) in [6.07, 6.45) is 3.39. The Morgan fingerprint density at radius 3 is 3.08 bits per heavy atom. The molecule has 0 bridgehead atoms. The molecule has 1 atom stereocenters. The zero-order chi connectivity index (χ0) is 18.1. The molecule has 0 unspecified atom stereocenters. The third kappa shape index (κ3) is 2.94. The molecule has 1 aliphatic heterocycles. The van der Waals surface area contributed by atoms with Gasteiger partial charge in [-0.15, -0.1) is 0 Å². The van der Waals surface area contributed by atoms with Crippen LogP contribution in [0.2, 0.25) is 0 Å². The number of rotatable bonds is 5. The van der Waals surface area contributed by atoms with E-state index in [1.54, 1.807) is 12.0 Å². The van der Waals surface area contributed by atoms with Crippen LogP contribution in [0.3, 0.4) is 0 Å². The molecule has 1 aromatic heterocycles. The Hall–Kier alpha value is -2.83. The van der Waals surface area contributed by atoms with Crippen LogP contribution in [0.1, 0.15) is 29.8 Å². The number of amides is 2. The fourth-order valence-corrected chi connectivity index (χ4v) is 3.82. The number of carbonyl (C=O) groups excluding carboxylic acids is 2. The van der Waals surface area contributed by atoms with Gasteiger partial charge < -0.3 is 15.0 Å². The van der Waals surface area contributed by atoms with Crippen LogP contribution in [0.5, 0.6) is 5.75 Å². The van der Waals surface area contributed by atoms with Gasteiger partial charge >= 0.3 is 0 Å². The van der Waals surface area contributed by atoms with Crippen molar-refractivity contribution < 1.29 is 14.3 Å². The van der Waals surface area contributed by atoms with E-state index in [0.717, 1.165) is 25.0 Å². The van der Waals surface area contributed by atoms with Gasteiger partial charge in [0, 0.05) is 18.7 Å². The van der Waals surface area contributed by atoms with Crippen LogP contribution in [-0.2, 0) is 29.0 Å². The Bertz CT molecular complexity index is 845. The number of aromatic nitrogens is 2. The number of methoxy groups -OCH3 is 1. The molecule has 1 saturated heterocycles. The van der Waals surface area contributed by atoms with Crippen LogP contribution in [0.15, 0.2) is 24.3 Å². The van der Waals surface area contributed by atoms with E-state index in [2.05, 4.69) is 15.5 Å². The number of hydrogen-bond acceptors (Lipinski definition) is 4. The molecule has 1 aliphatic carbocycles. The zero-order valence-electron chi connectivity index (χ0n) is 14.7. The molecule has 2 aromatic rings. The number of ether oxygens (including phenoxy) is 1. The molecule has 4 rings (SSSR count). The molecular formula is C19H22N4O3. The topological polar surface area (TPSA) is 87.3 Å². The third-order valence-electron chi connectivity index (χ3n) is 5.19. The molecule has 0 spiro atoms. The zero-order valence-corrected chi connectivity index (χ0v) is 14.7. The minimum absolute atomic E-state index is 0.0599. The average Bonchev–Trinajstić information content (AvgIpc) is 3.36. The van der Waals surface area contributed by atoms with Crippen molar-refractivity contribution in [1.29, 1.82) is 0 Å². The number of aryl methyl sites for hydroxylation is 1. The fourth-order valence-electron chi connectivity index (χ4n) is 3.82. The molecule has 26 heavy (non-hydrogen) atoms. The average molecular weight is 354 g/mol. The maximum Gasteiger partial charge on any atom is 0.227 e. The standard InChI is InChI=1S/C19H22N4O3/c1-26-17-8-3-2-7-16(17)23-11-12(9-18(23)24)19(25)20-10-15-13-5-4-6-14(13)21-22-15/h2-3,7-8,12H,4-6,9-11H2,1H3,(H,20,25)(H,21,22)/t12-/m0/s1. The number of benzene rings is 1. The molecule has 2 heterocycles. The van der Waals surface area contributed by atoms with Gasteiger partial charge in [0.15, 0.2) is 0 Å². The molecule has 1 fully saturated rings. The van der Waals surface area contributed by atoms with Crippen molar-refractivity contribution in [3.63, 3.8) is 0 Å². The van der Waals surface area contributed by atoms with Crippen molar-refractivity contribution in [2.24, 2.45) is 5.92 Å². The first-order chi connectivity index (χ1) is 12.7. The number of fused-ring (bicyclic) bond motifs is 1. The van der Waals surface area contributed by atoms with Gasteiger partial charge in [0.2, 0.25) is 11.8 Å². The Morgan fingerprint density at radius 1 is 1.38 bits per heavy atom. The quantitative estimate of drug-likeness (QED) is 0.853. The highest BCUT2D eigenvalue weighted by molar-refractivity contribution is 6.01. The van der Waals surface area contributed by atoms with Crippen LogP contribution in [0.25, 0.3) is 0 Å². The van der Waals surface area contributed by atoms with Crippen molar-refractivity contribution >= 4 is 17.5 Å². The van der Waals surface area contributed by atoms with Gasteiger partial charge in [-0.05, 0) is 37.0 Å². The molecular weight excluding hydrogens is 332 g/mol. The highest BCUT2D eigenvalue weighted by atomic mass is 16.5. The second-order valence-corrected chi connectivity index (χ2v) is 6.78. The number of nitrogens with one attached hydrogen (secondary N) is 2. The van der Waals surface area contributed by atoms with Gasteiger partial charge in [-0.1, -0.05) is 12.1 Å². The molecule has 2 aliphatic rings. The predicted octanol–water partition coefficient (Wildman–Crippen LogP) is 1.58. The lowest BCUT2D eigenvalue weighted by atomic mass is 10.1. The first-order valence-electron chi connectivity index (χ1n) is 8.93. The molecule has 0 saturated carbocycles. The van der Waals surface area contributed by atoms with Crippen LogP contribution in [-0.4, -0.2) is 35.7 Å². The molecule has 2 amide bonds. The molecule has 136 valence electrons. The van der Waals surface area contributed by atoms with Crippen molar-refractivity contribution in [1.82, 2.24) is 15.5 Å². The summed E-state index contributed by atoms with van der Waals surface area (Å²) >= 11 is 0. The maximum atomic E-state index is 12.6. The summed E-state index contributed by atoms with van der Waals surface area (Å²) in [5.74, 6) is 0.106. The Labute approximate surface area is 151 Å².